The third-order valence-corrected chi connectivity index (χ3v) is 2.40. The van der Waals surface area contributed by atoms with Gasteiger partial charge in [-0.05, 0) is 17.0 Å². The number of nitrogens with zero attached hydrogens (tertiary/aromatic N) is 2. The number of carbonyl (C=O) groups is 1. The van der Waals surface area contributed by atoms with Gasteiger partial charge < -0.3 is 9.64 Å². The van der Waals surface area contributed by atoms with Gasteiger partial charge in [0.15, 0.2) is 0 Å². The lowest BCUT2D eigenvalue weighted by atomic mass is 9.88. The van der Waals surface area contributed by atoms with Gasteiger partial charge in [-0.1, -0.05) is 26.8 Å². The summed E-state index contributed by atoms with van der Waals surface area (Å²) in [5.74, 6) is 0. The van der Waals surface area contributed by atoms with Crippen molar-refractivity contribution in [2.75, 3.05) is 14.1 Å². The molecule has 0 aliphatic rings. The molecule has 94 valence electrons. The van der Waals surface area contributed by atoms with Crippen molar-refractivity contribution in [1.29, 1.82) is 0 Å². The summed E-state index contributed by atoms with van der Waals surface area (Å²) < 4.78 is 5.04. The van der Waals surface area contributed by atoms with Gasteiger partial charge in [0.2, 0.25) is 0 Å². The molecule has 1 aromatic heterocycles. The Morgan fingerprint density at radius 3 is 2.41 bits per heavy atom. The maximum atomic E-state index is 11.2. The highest BCUT2D eigenvalue weighted by Gasteiger charge is 2.14. The topological polar surface area (TPSA) is 42.4 Å². The zero-order valence-corrected chi connectivity index (χ0v) is 11.2. The summed E-state index contributed by atoms with van der Waals surface area (Å²) in [4.78, 5) is 16.9. The van der Waals surface area contributed by atoms with E-state index in [-0.39, 0.29) is 18.1 Å². The van der Waals surface area contributed by atoms with Crippen LogP contribution in [0.25, 0.3) is 0 Å². The highest BCUT2D eigenvalue weighted by molar-refractivity contribution is 5.66. The van der Waals surface area contributed by atoms with E-state index in [1.807, 2.05) is 18.3 Å². The minimum atomic E-state index is -0.355. The molecule has 0 aliphatic heterocycles. The van der Waals surface area contributed by atoms with E-state index >= 15 is 0 Å². The number of aromatic nitrogens is 1. The molecule has 0 fully saturated rings. The number of hydrogen-bond acceptors (Lipinski definition) is 3. The Morgan fingerprint density at radius 2 is 2.00 bits per heavy atom. The van der Waals surface area contributed by atoms with Crippen LogP contribution in [-0.4, -0.2) is 30.1 Å². The molecule has 0 radical (unpaired) electrons. The number of amides is 1. The maximum Gasteiger partial charge on any atom is 0.409 e. The lowest BCUT2D eigenvalue weighted by Crippen LogP contribution is -2.22. The second-order valence-electron chi connectivity index (χ2n) is 5.24. The normalized spacial score (nSPS) is 11.1. The molecule has 0 unspecified atom stereocenters. The molecule has 0 saturated heterocycles. The minimum Gasteiger partial charge on any atom is -0.443 e. The van der Waals surface area contributed by atoms with E-state index in [0.717, 1.165) is 5.69 Å². The summed E-state index contributed by atoms with van der Waals surface area (Å²) >= 11 is 0. The minimum absolute atomic E-state index is 0.0891. The van der Waals surface area contributed by atoms with Crippen LogP contribution in [0.3, 0.4) is 0 Å². The Labute approximate surface area is 103 Å². The molecule has 0 spiro atoms. The number of rotatable bonds is 2. The summed E-state index contributed by atoms with van der Waals surface area (Å²) in [5.41, 5.74) is 2.01. The molecule has 0 aliphatic carbocycles. The van der Waals surface area contributed by atoms with E-state index in [1.165, 1.54) is 10.5 Å². The lowest BCUT2D eigenvalue weighted by Gasteiger charge is -2.18. The molecule has 1 amide bonds. The van der Waals surface area contributed by atoms with Gasteiger partial charge in [-0.3, -0.25) is 4.98 Å². The largest absolute Gasteiger partial charge is 0.443 e. The van der Waals surface area contributed by atoms with Crippen molar-refractivity contribution in [2.24, 2.45) is 0 Å². The van der Waals surface area contributed by atoms with Crippen LogP contribution >= 0.6 is 0 Å². The van der Waals surface area contributed by atoms with Crippen LogP contribution in [0, 0.1) is 0 Å². The van der Waals surface area contributed by atoms with E-state index in [2.05, 4.69) is 25.8 Å². The predicted molar refractivity (Wildman–Crippen MR) is 66.8 cm³/mol. The van der Waals surface area contributed by atoms with Crippen LogP contribution < -0.4 is 0 Å². The monoisotopic (exact) mass is 236 g/mol. The Balaban J connectivity index is 2.61. The Morgan fingerprint density at radius 1 is 1.35 bits per heavy atom. The molecule has 4 nitrogen and oxygen atoms in total. The smallest absolute Gasteiger partial charge is 0.409 e. The number of hydrogen-bond donors (Lipinski definition) is 0. The first-order chi connectivity index (χ1) is 7.80. The lowest BCUT2D eigenvalue weighted by molar-refractivity contribution is 0.111. The summed E-state index contributed by atoms with van der Waals surface area (Å²) in [6, 6.07) is 3.91. The maximum absolute atomic E-state index is 11.2. The summed E-state index contributed by atoms with van der Waals surface area (Å²) in [6.45, 7) is 6.61. The van der Waals surface area contributed by atoms with Gasteiger partial charge in [0.1, 0.15) is 6.61 Å². The standard InChI is InChI=1S/C13H20N2O2/c1-13(2,3)10-6-7-11(14-8-10)9-17-12(16)15(4)5/h6-8H,9H2,1-5H3. The molecule has 1 aromatic rings. The van der Waals surface area contributed by atoms with Gasteiger partial charge in [0.05, 0.1) is 5.69 Å². The van der Waals surface area contributed by atoms with E-state index in [0.29, 0.717) is 0 Å². The van der Waals surface area contributed by atoms with E-state index in [4.69, 9.17) is 4.74 Å². The molecular formula is C13H20N2O2. The van der Waals surface area contributed by atoms with Crippen molar-refractivity contribution in [2.45, 2.75) is 32.8 Å². The first-order valence-electron chi connectivity index (χ1n) is 5.60. The number of ether oxygens (including phenoxy) is 1. The molecule has 0 aromatic carbocycles. The Kier molecular flexibility index (Phi) is 4.10. The second kappa shape index (κ2) is 5.17. The average molecular weight is 236 g/mol. The first-order valence-corrected chi connectivity index (χ1v) is 5.60. The van der Waals surface area contributed by atoms with Gasteiger partial charge in [-0.15, -0.1) is 0 Å². The van der Waals surface area contributed by atoms with Crippen LogP contribution in [0.15, 0.2) is 18.3 Å². The molecule has 0 saturated carbocycles. The zero-order chi connectivity index (χ0) is 13.1. The zero-order valence-electron chi connectivity index (χ0n) is 11.2. The van der Waals surface area contributed by atoms with Crippen molar-refractivity contribution in [3.05, 3.63) is 29.6 Å². The fraction of sp³-hybridized carbons (Fsp3) is 0.538. The SMILES string of the molecule is CN(C)C(=O)OCc1ccc(C(C)(C)C)cn1. The third-order valence-electron chi connectivity index (χ3n) is 2.40. The molecule has 0 atom stereocenters. The molecular weight excluding hydrogens is 216 g/mol. The fourth-order valence-electron chi connectivity index (χ4n) is 1.22. The second-order valence-corrected chi connectivity index (χ2v) is 5.24. The van der Waals surface area contributed by atoms with Crippen LogP contribution in [0.5, 0.6) is 0 Å². The predicted octanol–water partition coefficient (Wildman–Crippen LogP) is 2.58. The number of carbonyl (C=O) groups excluding carboxylic acids is 1. The van der Waals surface area contributed by atoms with Crippen molar-refractivity contribution in [1.82, 2.24) is 9.88 Å². The first kappa shape index (κ1) is 13.5. The van der Waals surface area contributed by atoms with Gasteiger partial charge >= 0.3 is 6.09 Å². The summed E-state index contributed by atoms with van der Waals surface area (Å²) in [5, 5.41) is 0. The Bertz CT molecular complexity index is 377. The summed E-state index contributed by atoms with van der Waals surface area (Å²) in [7, 11) is 3.30. The van der Waals surface area contributed by atoms with Crippen LogP contribution in [0.2, 0.25) is 0 Å². The fourth-order valence-corrected chi connectivity index (χ4v) is 1.22. The van der Waals surface area contributed by atoms with Gasteiger partial charge in [-0.2, -0.15) is 0 Å². The van der Waals surface area contributed by atoms with E-state index in [9.17, 15) is 4.79 Å². The third kappa shape index (κ3) is 4.06. The Hall–Kier alpha value is -1.58. The van der Waals surface area contributed by atoms with Gasteiger partial charge in [0, 0.05) is 20.3 Å². The van der Waals surface area contributed by atoms with Crippen LogP contribution in [0.4, 0.5) is 4.79 Å². The molecule has 4 heteroatoms. The van der Waals surface area contributed by atoms with E-state index in [1.54, 1.807) is 14.1 Å². The van der Waals surface area contributed by atoms with Crippen molar-refractivity contribution >= 4 is 6.09 Å². The van der Waals surface area contributed by atoms with Crippen molar-refractivity contribution < 1.29 is 9.53 Å². The van der Waals surface area contributed by atoms with Crippen molar-refractivity contribution in [3.63, 3.8) is 0 Å². The quantitative estimate of drug-likeness (QED) is 0.792. The van der Waals surface area contributed by atoms with E-state index < -0.39 is 0 Å². The van der Waals surface area contributed by atoms with Crippen LogP contribution in [-0.2, 0) is 16.8 Å². The molecule has 1 rings (SSSR count). The summed E-state index contributed by atoms with van der Waals surface area (Å²) in [6.07, 6.45) is 1.48. The molecule has 17 heavy (non-hydrogen) atoms. The average Bonchev–Trinajstić information content (AvgIpc) is 2.25. The number of pyridine rings is 1. The highest BCUT2D eigenvalue weighted by atomic mass is 16.6. The highest BCUT2D eigenvalue weighted by Crippen LogP contribution is 2.21. The van der Waals surface area contributed by atoms with Gasteiger partial charge in [-0.25, -0.2) is 4.79 Å². The molecule has 1 heterocycles. The molecule has 0 bridgehead atoms. The van der Waals surface area contributed by atoms with Gasteiger partial charge in [0.25, 0.3) is 0 Å². The van der Waals surface area contributed by atoms with Crippen LogP contribution in [0.1, 0.15) is 32.0 Å². The molecule has 0 N–H and O–H groups in total. The van der Waals surface area contributed by atoms with Crippen molar-refractivity contribution in [3.8, 4) is 0 Å².